The van der Waals surface area contributed by atoms with Gasteiger partial charge in [-0.2, -0.15) is 0 Å². The summed E-state index contributed by atoms with van der Waals surface area (Å²) >= 11 is 0. The number of benzene rings is 1. The maximum absolute atomic E-state index is 5.74. The number of nitrogens with zero attached hydrogens (tertiary/aromatic N) is 1. The number of morpholine rings is 1. The first-order chi connectivity index (χ1) is 8.38. The minimum Gasteiger partial charge on any atom is -0.374 e. The zero-order chi connectivity index (χ0) is 11.9. The van der Waals surface area contributed by atoms with E-state index in [-0.39, 0.29) is 0 Å². The Morgan fingerprint density at radius 2 is 2.18 bits per heavy atom. The van der Waals surface area contributed by atoms with Crippen molar-refractivity contribution in [2.24, 2.45) is 0 Å². The zero-order valence-corrected chi connectivity index (χ0v) is 10.6. The maximum atomic E-state index is 5.74. The minimum absolute atomic E-state index is 0.340. The Morgan fingerprint density at radius 3 is 2.94 bits per heavy atom. The molecule has 3 nitrogen and oxygen atoms in total. The van der Waals surface area contributed by atoms with E-state index in [2.05, 4.69) is 47.5 Å². The van der Waals surface area contributed by atoms with Crippen molar-refractivity contribution in [3.63, 3.8) is 0 Å². The number of rotatable bonds is 5. The number of hydrogen-bond acceptors (Lipinski definition) is 3. The standard InChI is InChI=1S/C14H22N2O/c1-2-15-10-14-12-16(8-9-17-14)11-13-6-4-3-5-7-13/h3-7,14-15H,2,8-12H2,1H3. The van der Waals surface area contributed by atoms with Gasteiger partial charge < -0.3 is 10.1 Å². The fourth-order valence-electron chi connectivity index (χ4n) is 2.19. The van der Waals surface area contributed by atoms with Gasteiger partial charge in [0.1, 0.15) is 0 Å². The van der Waals surface area contributed by atoms with E-state index in [1.807, 2.05) is 0 Å². The van der Waals surface area contributed by atoms with E-state index in [0.717, 1.165) is 39.3 Å². The first kappa shape index (κ1) is 12.6. The predicted octanol–water partition coefficient (Wildman–Crippen LogP) is 1.50. The van der Waals surface area contributed by atoms with Crippen molar-refractivity contribution < 1.29 is 4.74 Å². The molecule has 0 radical (unpaired) electrons. The normalized spacial score (nSPS) is 21.6. The zero-order valence-electron chi connectivity index (χ0n) is 10.6. The van der Waals surface area contributed by atoms with Gasteiger partial charge in [0.05, 0.1) is 12.7 Å². The fourth-order valence-corrected chi connectivity index (χ4v) is 2.19. The quantitative estimate of drug-likeness (QED) is 0.835. The van der Waals surface area contributed by atoms with Crippen LogP contribution in [0.25, 0.3) is 0 Å². The number of nitrogens with one attached hydrogen (secondary N) is 1. The van der Waals surface area contributed by atoms with E-state index in [0.29, 0.717) is 6.10 Å². The van der Waals surface area contributed by atoms with Gasteiger partial charge in [-0.25, -0.2) is 0 Å². The average molecular weight is 234 g/mol. The van der Waals surface area contributed by atoms with Crippen LogP contribution < -0.4 is 5.32 Å². The molecule has 1 aromatic carbocycles. The minimum atomic E-state index is 0.340. The molecular weight excluding hydrogens is 212 g/mol. The Bertz CT molecular complexity index is 315. The summed E-state index contributed by atoms with van der Waals surface area (Å²) in [7, 11) is 0. The Hall–Kier alpha value is -0.900. The molecule has 1 aliphatic rings. The van der Waals surface area contributed by atoms with Crippen LogP contribution in [0.15, 0.2) is 30.3 Å². The summed E-state index contributed by atoms with van der Waals surface area (Å²) in [6.45, 7) is 8.06. The molecule has 0 spiro atoms. The molecule has 1 aromatic rings. The van der Waals surface area contributed by atoms with Crippen LogP contribution in [0.4, 0.5) is 0 Å². The largest absolute Gasteiger partial charge is 0.374 e. The predicted molar refractivity (Wildman–Crippen MR) is 70.0 cm³/mol. The van der Waals surface area contributed by atoms with E-state index < -0.39 is 0 Å². The number of ether oxygens (including phenoxy) is 1. The lowest BCUT2D eigenvalue weighted by molar-refractivity contribution is -0.0297. The molecule has 17 heavy (non-hydrogen) atoms. The lowest BCUT2D eigenvalue weighted by Crippen LogP contribution is -2.46. The summed E-state index contributed by atoms with van der Waals surface area (Å²) in [5, 5.41) is 3.35. The highest BCUT2D eigenvalue weighted by atomic mass is 16.5. The van der Waals surface area contributed by atoms with Crippen molar-refractivity contribution in [3.8, 4) is 0 Å². The Labute approximate surface area is 104 Å². The van der Waals surface area contributed by atoms with E-state index >= 15 is 0 Å². The molecule has 94 valence electrons. The van der Waals surface area contributed by atoms with Crippen molar-refractivity contribution >= 4 is 0 Å². The average Bonchev–Trinajstić information content (AvgIpc) is 2.38. The van der Waals surface area contributed by atoms with Crippen LogP contribution in [-0.2, 0) is 11.3 Å². The lowest BCUT2D eigenvalue weighted by Gasteiger charge is -2.33. The van der Waals surface area contributed by atoms with Crippen molar-refractivity contribution in [1.29, 1.82) is 0 Å². The van der Waals surface area contributed by atoms with Crippen LogP contribution in [-0.4, -0.2) is 43.8 Å². The molecule has 1 fully saturated rings. The van der Waals surface area contributed by atoms with Crippen molar-refractivity contribution in [1.82, 2.24) is 10.2 Å². The third-order valence-electron chi connectivity index (χ3n) is 3.09. The molecule has 3 heteroatoms. The lowest BCUT2D eigenvalue weighted by atomic mass is 10.2. The summed E-state index contributed by atoms with van der Waals surface area (Å²) in [4.78, 5) is 2.47. The van der Waals surface area contributed by atoms with Gasteiger partial charge in [-0.1, -0.05) is 37.3 Å². The summed E-state index contributed by atoms with van der Waals surface area (Å²) < 4.78 is 5.74. The SMILES string of the molecule is CCNCC1CN(Cc2ccccc2)CCO1. The summed E-state index contributed by atoms with van der Waals surface area (Å²) in [5.41, 5.74) is 1.39. The number of hydrogen-bond donors (Lipinski definition) is 1. The molecule has 0 amide bonds. The number of likely N-dealkylation sites (N-methyl/N-ethyl adjacent to an activating group) is 1. The molecule has 0 bridgehead atoms. The Morgan fingerprint density at radius 1 is 1.35 bits per heavy atom. The molecule has 0 aliphatic carbocycles. The second-order valence-corrected chi connectivity index (χ2v) is 4.52. The molecule has 0 aromatic heterocycles. The van der Waals surface area contributed by atoms with E-state index in [4.69, 9.17) is 4.74 Å². The van der Waals surface area contributed by atoms with Crippen molar-refractivity contribution in [3.05, 3.63) is 35.9 Å². The first-order valence-corrected chi connectivity index (χ1v) is 6.47. The van der Waals surface area contributed by atoms with Crippen LogP contribution in [0.1, 0.15) is 12.5 Å². The van der Waals surface area contributed by atoms with Gasteiger partial charge in [0.25, 0.3) is 0 Å². The molecule has 1 saturated heterocycles. The topological polar surface area (TPSA) is 24.5 Å². The van der Waals surface area contributed by atoms with E-state index in [1.54, 1.807) is 0 Å². The van der Waals surface area contributed by atoms with E-state index in [1.165, 1.54) is 5.56 Å². The fraction of sp³-hybridized carbons (Fsp3) is 0.571. The molecule has 1 N–H and O–H groups in total. The van der Waals surface area contributed by atoms with Gasteiger partial charge in [-0.3, -0.25) is 4.90 Å². The molecule has 1 unspecified atom stereocenters. The van der Waals surface area contributed by atoms with Gasteiger partial charge in [-0.15, -0.1) is 0 Å². The third-order valence-corrected chi connectivity index (χ3v) is 3.09. The molecule has 1 aliphatic heterocycles. The highest BCUT2D eigenvalue weighted by Gasteiger charge is 2.19. The molecule has 2 rings (SSSR count). The molecule has 0 saturated carbocycles. The summed E-state index contributed by atoms with van der Waals surface area (Å²) in [6, 6.07) is 10.7. The molecular formula is C14H22N2O. The smallest absolute Gasteiger partial charge is 0.0826 e. The van der Waals surface area contributed by atoms with Crippen LogP contribution in [0, 0.1) is 0 Å². The Balaban J connectivity index is 1.81. The van der Waals surface area contributed by atoms with Crippen LogP contribution in [0.5, 0.6) is 0 Å². The van der Waals surface area contributed by atoms with Gasteiger partial charge in [0, 0.05) is 26.2 Å². The third kappa shape index (κ3) is 4.11. The van der Waals surface area contributed by atoms with Crippen LogP contribution >= 0.6 is 0 Å². The van der Waals surface area contributed by atoms with Gasteiger partial charge >= 0.3 is 0 Å². The monoisotopic (exact) mass is 234 g/mol. The second kappa shape index (κ2) is 6.74. The van der Waals surface area contributed by atoms with Crippen molar-refractivity contribution in [2.45, 2.75) is 19.6 Å². The first-order valence-electron chi connectivity index (χ1n) is 6.47. The molecule has 1 atom stereocenters. The highest BCUT2D eigenvalue weighted by Crippen LogP contribution is 2.09. The van der Waals surface area contributed by atoms with Crippen LogP contribution in [0.2, 0.25) is 0 Å². The van der Waals surface area contributed by atoms with Gasteiger partial charge in [0.15, 0.2) is 0 Å². The summed E-state index contributed by atoms with van der Waals surface area (Å²) in [6.07, 6.45) is 0.340. The Kier molecular flexibility index (Phi) is 4.98. The highest BCUT2D eigenvalue weighted by molar-refractivity contribution is 5.14. The van der Waals surface area contributed by atoms with Gasteiger partial charge in [-0.05, 0) is 12.1 Å². The van der Waals surface area contributed by atoms with Gasteiger partial charge in [0.2, 0.25) is 0 Å². The summed E-state index contributed by atoms with van der Waals surface area (Å²) in [5.74, 6) is 0. The van der Waals surface area contributed by atoms with E-state index in [9.17, 15) is 0 Å². The second-order valence-electron chi connectivity index (χ2n) is 4.52. The maximum Gasteiger partial charge on any atom is 0.0826 e. The van der Waals surface area contributed by atoms with Crippen molar-refractivity contribution in [2.75, 3.05) is 32.8 Å². The molecule has 1 heterocycles. The van der Waals surface area contributed by atoms with Crippen LogP contribution in [0.3, 0.4) is 0 Å².